The second-order valence-electron chi connectivity index (χ2n) is 11.2. The number of hydrogen-bond acceptors (Lipinski definition) is 5. The fourth-order valence-corrected chi connectivity index (χ4v) is 5.37. The molecule has 1 saturated carbocycles. The summed E-state index contributed by atoms with van der Waals surface area (Å²) in [5.41, 5.74) is 4.17. The first-order chi connectivity index (χ1) is 17.2. The number of urea groups is 1. The second kappa shape index (κ2) is 9.36. The van der Waals surface area contributed by atoms with Gasteiger partial charge in [0.05, 0.1) is 29.5 Å². The van der Waals surface area contributed by atoms with E-state index in [1.807, 2.05) is 4.90 Å². The van der Waals surface area contributed by atoms with Gasteiger partial charge in [-0.05, 0) is 62.4 Å². The van der Waals surface area contributed by atoms with Crippen molar-refractivity contribution in [2.45, 2.75) is 71.1 Å². The molecule has 3 heterocycles. The van der Waals surface area contributed by atoms with E-state index in [4.69, 9.17) is 9.72 Å². The summed E-state index contributed by atoms with van der Waals surface area (Å²) >= 11 is 0. The van der Waals surface area contributed by atoms with Crippen LogP contribution in [0.5, 0.6) is 0 Å². The van der Waals surface area contributed by atoms with Crippen LogP contribution in [0.4, 0.5) is 20.7 Å². The molecule has 2 amide bonds. The molecule has 1 atom stereocenters. The summed E-state index contributed by atoms with van der Waals surface area (Å²) in [6, 6.07) is 8.02. The number of ether oxygens (including phenoxy) is 1. The van der Waals surface area contributed by atoms with E-state index in [9.17, 15) is 14.4 Å². The zero-order chi connectivity index (χ0) is 25.6. The maximum absolute atomic E-state index is 13.3. The van der Waals surface area contributed by atoms with E-state index in [2.05, 4.69) is 44.0 Å². The topological polar surface area (TPSA) is 81.5 Å². The van der Waals surface area contributed by atoms with E-state index in [1.54, 1.807) is 12.1 Å². The minimum atomic E-state index is -0.340. The highest BCUT2D eigenvalue weighted by Gasteiger charge is 2.39. The number of anilines is 2. The Hall–Kier alpha value is -3.18. The lowest BCUT2D eigenvalue weighted by molar-refractivity contribution is -0.0407. The van der Waals surface area contributed by atoms with Gasteiger partial charge < -0.3 is 19.9 Å². The molecule has 1 aliphatic carbocycles. The van der Waals surface area contributed by atoms with Crippen molar-refractivity contribution in [3.63, 3.8) is 0 Å². The normalized spacial score (nSPS) is 21.2. The van der Waals surface area contributed by atoms with E-state index in [0.717, 1.165) is 35.5 Å². The Morgan fingerprint density at radius 3 is 2.58 bits per heavy atom. The summed E-state index contributed by atoms with van der Waals surface area (Å²) in [5.74, 6) is 1.05. The molecule has 2 fully saturated rings. The minimum Gasteiger partial charge on any atom is -0.370 e. The van der Waals surface area contributed by atoms with Crippen molar-refractivity contribution in [1.29, 1.82) is 5.26 Å². The molecule has 0 unspecified atom stereocenters. The smallest absolute Gasteiger partial charge is 0.322 e. The van der Waals surface area contributed by atoms with Crippen LogP contribution in [0, 0.1) is 23.1 Å². The highest BCUT2D eigenvalue weighted by Crippen LogP contribution is 2.46. The lowest BCUT2D eigenvalue weighted by Crippen LogP contribution is -2.58. The van der Waals surface area contributed by atoms with Crippen LogP contribution in [-0.4, -0.2) is 47.2 Å². The number of carbonyl (C=O) groups is 1. The van der Waals surface area contributed by atoms with Crippen LogP contribution >= 0.6 is 0 Å². The standard InChI is InChI=1S/C28H34FN5O2/c1-17(2)24-15-33(11-12-34(24)27(35)31-20-9-7-19(29)8-10-20)26-22(14-30)21-13-28(3,4)36-16-23(21)25(32-26)18-5-6-18/h7-10,17-18,24H,5-6,11-13,15-16H2,1-4H3,(H,31,35)/t24-/m0/s1. The number of benzene rings is 1. The lowest BCUT2D eigenvalue weighted by Gasteiger charge is -2.44. The predicted molar refractivity (Wildman–Crippen MR) is 136 cm³/mol. The highest BCUT2D eigenvalue weighted by molar-refractivity contribution is 5.89. The molecule has 0 bridgehead atoms. The van der Waals surface area contributed by atoms with Crippen molar-refractivity contribution >= 4 is 17.5 Å². The summed E-state index contributed by atoms with van der Waals surface area (Å²) in [6.07, 6.45) is 2.94. The van der Waals surface area contributed by atoms with Gasteiger partial charge in [-0.1, -0.05) is 13.8 Å². The maximum atomic E-state index is 13.3. The molecule has 8 heteroatoms. The number of nitrogens with zero attached hydrogens (tertiary/aromatic N) is 4. The first-order valence-corrected chi connectivity index (χ1v) is 12.8. The number of hydrogen-bond donors (Lipinski definition) is 1. The molecule has 7 nitrogen and oxygen atoms in total. The van der Waals surface area contributed by atoms with E-state index in [-0.39, 0.29) is 29.4 Å². The van der Waals surface area contributed by atoms with Crippen molar-refractivity contribution in [2.75, 3.05) is 29.9 Å². The van der Waals surface area contributed by atoms with Crippen LogP contribution in [0.3, 0.4) is 0 Å². The van der Waals surface area contributed by atoms with Crippen LogP contribution in [0.15, 0.2) is 24.3 Å². The second-order valence-corrected chi connectivity index (χ2v) is 11.2. The molecule has 2 aromatic rings. The van der Waals surface area contributed by atoms with Crippen LogP contribution < -0.4 is 10.2 Å². The largest absolute Gasteiger partial charge is 0.370 e. The van der Waals surface area contributed by atoms with E-state index >= 15 is 0 Å². The van der Waals surface area contributed by atoms with Gasteiger partial charge in [0.25, 0.3) is 0 Å². The van der Waals surface area contributed by atoms with E-state index in [0.29, 0.717) is 49.8 Å². The third kappa shape index (κ3) is 4.77. The highest BCUT2D eigenvalue weighted by atomic mass is 19.1. The molecule has 0 radical (unpaired) electrons. The average molecular weight is 492 g/mol. The molecule has 190 valence electrons. The van der Waals surface area contributed by atoms with Crippen molar-refractivity contribution < 1.29 is 13.9 Å². The molecule has 5 rings (SSSR count). The number of pyridine rings is 1. The Morgan fingerprint density at radius 2 is 1.94 bits per heavy atom. The van der Waals surface area contributed by atoms with Gasteiger partial charge in [0.2, 0.25) is 0 Å². The van der Waals surface area contributed by atoms with Crippen LogP contribution in [-0.2, 0) is 17.8 Å². The Kier molecular flexibility index (Phi) is 6.37. The molecule has 1 saturated heterocycles. The first kappa shape index (κ1) is 24.5. The van der Waals surface area contributed by atoms with Crippen LogP contribution in [0.25, 0.3) is 0 Å². The van der Waals surface area contributed by atoms with Gasteiger partial charge in [-0.2, -0.15) is 5.26 Å². The maximum Gasteiger partial charge on any atom is 0.322 e. The molecule has 2 aliphatic heterocycles. The molecule has 0 spiro atoms. The Bertz CT molecular complexity index is 1200. The minimum absolute atomic E-state index is 0.0623. The lowest BCUT2D eigenvalue weighted by atomic mass is 9.87. The Morgan fingerprint density at radius 1 is 1.22 bits per heavy atom. The van der Waals surface area contributed by atoms with E-state index < -0.39 is 0 Å². The predicted octanol–water partition coefficient (Wildman–Crippen LogP) is 5.20. The molecular weight excluding hydrogens is 457 g/mol. The Balaban J connectivity index is 1.44. The summed E-state index contributed by atoms with van der Waals surface area (Å²) in [6.45, 7) is 10.5. The van der Waals surface area contributed by atoms with Gasteiger partial charge in [0.1, 0.15) is 17.7 Å². The number of piperazine rings is 1. The monoisotopic (exact) mass is 491 g/mol. The van der Waals surface area contributed by atoms with Gasteiger partial charge in [-0.25, -0.2) is 14.2 Å². The number of halogens is 1. The SMILES string of the molecule is CC(C)[C@@H]1CN(c2nc(C3CC3)c3c(c2C#N)CC(C)(C)OC3)CCN1C(=O)Nc1ccc(F)cc1. The van der Waals surface area contributed by atoms with Gasteiger partial charge >= 0.3 is 6.03 Å². The van der Waals surface area contributed by atoms with Crippen molar-refractivity contribution in [3.8, 4) is 6.07 Å². The molecule has 3 aliphatic rings. The number of aromatic nitrogens is 1. The zero-order valence-corrected chi connectivity index (χ0v) is 21.5. The third-order valence-electron chi connectivity index (χ3n) is 7.55. The third-order valence-corrected chi connectivity index (χ3v) is 7.55. The van der Waals surface area contributed by atoms with Crippen LogP contribution in [0.2, 0.25) is 0 Å². The summed E-state index contributed by atoms with van der Waals surface area (Å²) < 4.78 is 19.4. The molecule has 1 N–H and O–H groups in total. The molecule has 1 aromatic carbocycles. The average Bonchev–Trinajstić information content (AvgIpc) is 3.69. The molecular formula is C28H34FN5O2. The summed E-state index contributed by atoms with van der Waals surface area (Å²) in [5, 5.41) is 13.2. The van der Waals surface area contributed by atoms with Crippen molar-refractivity contribution in [1.82, 2.24) is 9.88 Å². The molecule has 1 aromatic heterocycles. The number of fused-ring (bicyclic) bond motifs is 1. The fourth-order valence-electron chi connectivity index (χ4n) is 5.37. The summed E-state index contributed by atoms with van der Waals surface area (Å²) in [4.78, 5) is 22.3. The quantitative estimate of drug-likeness (QED) is 0.636. The van der Waals surface area contributed by atoms with Gasteiger partial charge in [-0.3, -0.25) is 0 Å². The summed E-state index contributed by atoms with van der Waals surface area (Å²) in [7, 11) is 0. The first-order valence-electron chi connectivity index (χ1n) is 12.8. The zero-order valence-electron chi connectivity index (χ0n) is 21.5. The Labute approximate surface area is 212 Å². The van der Waals surface area contributed by atoms with Crippen LogP contribution in [0.1, 0.15) is 68.8 Å². The van der Waals surface area contributed by atoms with Crippen molar-refractivity contribution in [3.05, 3.63) is 52.5 Å². The number of amides is 2. The van der Waals surface area contributed by atoms with E-state index in [1.165, 1.54) is 12.1 Å². The number of rotatable bonds is 4. The van der Waals surface area contributed by atoms with Gasteiger partial charge in [-0.15, -0.1) is 0 Å². The fraction of sp³-hybridized carbons (Fsp3) is 0.536. The molecule has 36 heavy (non-hydrogen) atoms. The number of nitrogens with one attached hydrogen (secondary N) is 1. The van der Waals surface area contributed by atoms with Gasteiger partial charge in [0.15, 0.2) is 0 Å². The van der Waals surface area contributed by atoms with Gasteiger partial charge in [0, 0.05) is 43.2 Å². The van der Waals surface area contributed by atoms with Crippen molar-refractivity contribution in [2.24, 2.45) is 5.92 Å². The number of nitriles is 1. The number of carbonyl (C=O) groups excluding carboxylic acids is 1.